The second-order valence-electron chi connectivity index (χ2n) is 8.10. The summed E-state index contributed by atoms with van der Waals surface area (Å²) in [5.74, 6) is 0.173. The lowest BCUT2D eigenvalue weighted by molar-refractivity contribution is -0.122. The van der Waals surface area contributed by atoms with Crippen LogP contribution in [0.1, 0.15) is 30.7 Å². The highest BCUT2D eigenvalue weighted by atomic mass is 16.5. The Labute approximate surface area is 188 Å². The SMILES string of the molecule is CCn1nc(C)c2c(-c3ccccc3)cc(O[C@H](C)C(=O)Nc3cc(C)cc(C)c3)nc21. The van der Waals surface area contributed by atoms with E-state index in [0.29, 0.717) is 12.4 Å². The molecule has 0 aliphatic carbocycles. The molecule has 1 amide bonds. The second-order valence-corrected chi connectivity index (χ2v) is 8.10. The number of benzene rings is 2. The van der Waals surface area contributed by atoms with Crippen molar-refractivity contribution in [2.75, 3.05) is 5.32 Å². The number of fused-ring (bicyclic) bond motifs is 1. The molecule has 4 aromatic rings. The largest absolute Gasteiger partial charge is 0.464 e. The van der Waals surface area contributed by atoms with Gasteiger partial charge in [-0.15, -0.1) is 0 Å². The summed E-state index contributed by atoms with van der Waals surface area (Å²) in [5, 5.41) is 8.58. The van der Waals surface area contributed by atoms with E-state index in [1.165, 1.54) is 0 Å². The maximum atomic E-state index is 12.8. The van der Waals surface area contributed by atoms with Crippen LogP contribution in [0, 0.1) is 20.8 Å². The van der Waals surface area contributed by atoms with Gasteiger partial charge < -0.3 is 10.1 Å². The maximum Gasteiger partial charge on any atom is 0.265 e. The van der Waals surface area contributed by atoms with Crippen molar-refractivity contribution in [1.82, 2.24) is 14.8 Å². The number of anilines is 1. The smallest absolute Gasteiger partial charge is 0.265 e. The summed E-state index contributed by atoms with van der Waals surface area (Å²) >= 11 is 0. The van der Waals surface area contributed by atoms with Gasteiger partial charge in [0, 0.05) is 18.3 Å². The number of amides is 1. The van der Waals surface area contributed by atoms with Crippen molar-refractivity contribution in [3.05, 3.63) is 71.4 Å². The predicted octanol–water partition coefficient (Wildman–Crippen LogP) is 5.45. The first kappa shape index (κ1) is 21.6. The Balaban J connectivity index is 1.67. The van der Waals surface area contributed by atoms with E-state index in [1.807, 2.05) is 68.8 Å². The van der Waals surface area contributed by atoms with Gasteiger partial charge in [-0.05, 0) is 69.0 Å². The molecule has 0 radical (unpaired) electrons. The number of aryl methyl sites for hydroxylation is 4. The van der Waals surface area contributed by atoms with Crippen LogP contribution in [0.2, 0.25) is 0 Å². The van der Waals surface area contributed by atoms with Crippen LogP contribution >= 0.6 is 0 Å². The molecule has 0 spiro atoms. The fraction of sp³-hybridized carbons (Fsp3) is 0.269. The molecule has 1 N–H and O–H groups in total. The van der Waals surface area contributed by atoms with Gasteiger partial charge in [0.2, 0.25) is 5.88 Å². The van der Waals surface area contributed by atoms with E-state index in [1.54, 1.807) is 6.92 Å². The van der Waals surface area contributed by atoms with Crippen molar-refractivity contribution in [2.24, 2.45) is 0 Å². The van der Waals surface area contributed by atoms with Crippen LogP contribution in [-0.4, -0.2) is 26.8 Å². The molecule has 0 aliphatic rings. The molecule has 2 aromatic heterocycles. The van der Waals surface area contributed by atoms with Gasteiger partial charge in [-0.2, -0.15) is 10.1 Å². The minimum Gasteiger partial charge on any atom is -0.464 e. The fourth-order valence-electron chi connectivity index (χ4n) is 3.98. The Kier molecular flexibility index (Phi) is 5.95. The molecule has 6 nitrogen and oxygen atoms in total. The number of hydrogen-bond donors (Lipinski definition) is 1. The van der Waals surface area contributed by atoms with Gasteiger partial charge in [-0.1, -0.05) is 36.4 Å². The number of nitrogens with one attached hydrogen (secondary N) is 1. The molecule has 164 valence electrons. The molecule has 0 saturated heterocycles. The first-order valence-corrected chi connectivity index (χ1v) is 10.8. The van der Waals surface area contributed by atoms with Crippen LogP contribution in [0.15, 0.2) is 54.6 Å². The van der Waals surface area contributed by atoms with E-state index in [-0.39, 0.29) is 5.91 Å². The number of carbonyl (C=O) groups excluding carboxylic acids is 1. The molecule has 0 fully saturated rings. The monoisotopic (exact) mass is 428 g/mol. The molecular weight excluding hydrogens is 400 g/mol. The Hall–Kier alpha value is -3.67. The topological polar surface area (TPSA) is 69.0 Å². The van der Waals surface area contributed by atoms with Crippen LogP contribution in [0.3, 0.4) is 0 Å². The van der Waals surface area contributed by atoms with Crippen molar-refractivity contribution in [2.45, 2.75) is 47.3 Å². The molecular formula is C26H28N4O2. The first-order chi connectivity index (χ1) is 15.4. The third-order valence-electron chi connectivity index (χ3n) is 5.39. The molecule has 0 saturated carbocycles. The summed E-state index contributed by atoms with van der Waals surface area (Å²) < 4.78 is 7.89. The summed E-state index contributed by atoms with van der Waals surface area (Å²) in [6.07, 6.45) is -0.719. The van der Waals surface area contributed by atoms with Crippen LogP contribution in [-0.2, 0) is 11.3 Å². The van der Waals surface area contributed by atoms with E-state index in [2.05, 4.69) is 28.6 Å². The third kappa shape index (κ3) is 4.35. The molecule has 32 heavy (non-hydrogen) atoms. The van der Waals surface area contributed by atoms with Gasteiger partial charge in [-0.3, -0.25) is 4.79 Å². The maximum absolute atomic E-state index is 12.8. The van der Waals surface area contributed by atoms with Crippen LogP contribution in [0.5, 0.6) is 5.88 Å². The van der Waals surface area contributed by atoms with E-state index in [9.17, 15) is 4.79 Å². The van der Waals surface area contributed by atoms with Gasteiger partial charge in [-0.25, -0.2) is 4.68 Å². The Bertz CT molecular complexity index is 1260. The predicted molar refractivity (Wildman–Crippen MR) is 128 cm³/mol. The fourth-order valence-corrected chi connectivity index (χ4v) is 3.98. The van der Waals surface area contributed by atoms with Crippen molar-refractivity contribution >= 4 is 22.6 Å². The quantitative estimate of drug-likeness (QED) is 0.443. The number of nitrogens with zero attached hydrogens (tertiary/aromatic N) is 3. The highest BCUT2D eigenvalue weighted by molar-refractivity contribution is 5.96. The summed E-state index contributed by atoms with van der Waals surface area (Å²) in [4.78, 5) is 17.5. The Morgan fingerprint density at radius 2 is 1.75 bits per heavy atom. The number of pyridine rings is 1. The van der Waals surface area contributed by atoms with Gasteiger partial charge >= 0.3 is 0 Å². The summed E-state index contributed by atoms with van der Waals surface area (Å²) in [7, 11) is 0. The zero-order chi connectivity index (χ0) is 22.8. The van der Waals surface area contributed by atoms with Gasteiger partial charge in [0.05, 0.1) is 11.1 Å². The molecule has 2 heterocycles. The molecule has 6 heteroatoms. The van der Waals surface area contributed by atoms with E-state index in [0.717, 1.165) is 44.7 Å². The lowest BCUT2D eigenvalue weighted by Gasteiger charge is -2.16. The average Bonchev–Trinajstić information content (AvgIpc) is 3.08. The standard InChI is InChI=1S/C26H28N4O2/c1-6-30-25-24(18(4)29-30)22(20-10-8-7-9-11-20)15-23(28-25)32-19(5)26(31)27-21-13-16(2)12-17(3)14-21/h7-15,19H,6H2,1-5H3,(H,27,31)/t19-/m1/s1. The Morgan fingerprint density at radius 3 is 2.41 bits per heavy atom. The third-order valence-corrected chi connectivity index (χ3v) is 5.39. The first-order valence-electron chi connectivity index (χ1n) is 10.8. The highest BCUT2D eigenvalue weighted by Crippen LogP contribution is 2.33. The molecule has 0 bridgehead atoms. The summed E-state index contributed by atoms with van der Waals surface area (Å²) in [6, 6.07) is 17.9. The molecule has 0 unspecified atom stereocenters. The molecule has 2 aromatic carbocycles. The van der Waals surface area contributed by atoms with E-state index < -0.39 is 6.10 Å². The van der Waals surface area contributed by atoms with Crippen LogP contribution in [0.25, 0.3) is 22.2 Å². The summed E-state index contributed by atoms with van der Waals surface area (Å²) in [6.45, 7) is 10.5. The number of carbonyl (C=O) groups is 1. The molecule has 0 aliphatic heterocycles. The number of aromatic nitrogens is 3. The minimum absolute atomic E-state index is 0.224. The van der Waals surface area contributed by atoms with Crippen molar-refractivity contribution in [3.63, 3.8) is 0 Å². The average molecular weight is 429 g/mol. The molecule has 4 rings (SSSR count). The molecule has 1 atom stereocenters. The normalized spacial score (nSPS) is 12.0. The number of rotatable bonds is 6. The van der Waals surface area contributed by atoms with Gasteiger partial charge in [0.25, 0.3) is 5.91 Å². The van der Waals surface area contributed by atoms with Crippen LogP contribution in [0.4, 0.5) is 5.69 Å². The van der Waals surface area contributed by atoms with Crippen LogP contribution < -0.4 is 10.1 Å². The number of hydrogen-bond acceptors (Lipinski definition) is 4. The lowest BCUT2D eigenvalue weighted by atomic mass is 10.0. The number of ether oxygens (including phenoxy) is 1. The summed E-state index contributed by atoms with van der Waals surface area (Å²) in [5.41, 5.74) is 6.66. The zero-order valence-electron chi connectivity index (χ0n) is 19.1. The van der Waals surface area contributed by atoms with E-state index >= 15 is 0 Å². The van der Waals surface area contributed by atoms with Gasteiger partial charge in [0.1, 0.15) is 0 Å². The lowest BCUT2D eigenvalue weighted by Crippen LogP contribution is -2.30. The highest BCUT2D eigenvalue weighted by Gasteiger charge is 2.20. The minimum atomic E-state index is -0.719. The Morgan fingerprint density at radius 1 is 1.06 bits per heavy atom. The van der Waals surface area contributed by atoms with Crippen molar-refractivity contribution < 1.29 is 9.53 Å². The van der Waals surface area contributed by atoms with E-state index in [4.69, 9.17) is 9.72 Å². The van der Waals surface area contributed by atoms with Gasteiger partial charge in [0.15, 0.2) is 11.8 Å². The van der Waals surface area contributed by atoms with Crippen molar-refractivity contribution in [3.8, 4) is 17.0 Å². The second kappa shape index (κ2) is 8.83. The zero-order valence-corrected chi connectivity index (χ0v) is 19.1. The van der Waals surface area contributed by atoms with Crippen molar-refractivity contribution in [1.29, 1.82) is 0 Å².